The van der Waals surface area contributed by atoms with Crippen LogP contribution in [-0.4, -0.2) is 37.6 Å². The fraction of sp³-hybridized carbons (Fsp3) is 0.318. The van der Waals surface area contributed by atoms with Crippen molar-refractivity contribution in [1.29, 1.82) is 0 Å². The van der Waals surface area contributed by atoms with Gasteiger partial charge >= 0.3 is 0 Å². The fourth-order valence-electron chi connectivity index (χ4n) is 3.70. The predicted octanol–water partition coefficient (Wildman–Crippen LogP) is 2.60. The Morgan fingerprint density at radius 3 is 2.68 bits per heavy atom. The van der Waals surface area contributed by atoms with Crippen molar-refractivity contribution in [3.8, 4) is 0 Å². The van der Waals surface area contributed by atoms with Crippen LogP contribution in [0.2, 0.25) is 5.02 Å². The third-order valence-corrected chi connectivity index (χ3v) is 5.78. The number of nitrogens with zero attached hydrogens (tertiary/aromatic N) is 3. The zero-order valence-electron chi connectivity index (χ0n) is 17.1. The number of aromatic nitrogens is 5. The van der Waals surface area contributed by atoms with Crippen LogP contribution in [-0.2, 0) is 24.1 Å². The Bertz CT molecular complexity index is 1170. The second-order valence-electron chi connectivity index (χ2n) is 7.51. The summed E-state index contributed by atoms with van der Waals surface area (Å²) in [6, 6.07) is 9.50. The molecular formula is C22H23ClN6O2. The molecule has 0 aliphatic carbocycles. The first-order valence-corrected chi connectivity index (χ1v) is 10.7. The molecule has 31 heavy (non-hydrogen) atoms. The number of aromatic amines is 2. The topological polar surface area (TPSA) is 116 Å². The van der Waals surface area contributed by atoms with Gasteiger partial charge < -0.3 is 10.3 Å². The number of pyridine rings is 1. The van der Waals surface area contributed by atoms with E-state index >= 15 is 0 Å². The molecule has 1 aliphatic heterocycles. The average Bonchev–Trinajstić information content (AvgIpc) is 3.42. The smallest absolute Gasteiger partial charge is 0.251 e. The molecule has 1 fully saturated rings. The summed E-state index contributed by atoms with van der Waals surface area (Å²) in [7, 11) is 0. The highest BCUT2D eigenvalue weighted by molar-refractivity contribution is 6.31. The van der Waals surface area contributed by atoms with Gasteiger partial charge in [-0.05, 0) is 42.5 Å². The monoisotopic (exact) mass is 438 g/mol. The second-order valence-corrected chi connectivity index (χ2v) is 7.91. The minimum atomic E-state index is -0.107. The number of H-pyrrole nitrogens is 2. The van der Waals surface area contributed by atoms with Crippen LogP contribution in [0.25, 0.3) is 5.57 Å². The number of carbonyl (C=O) groups is 1. The van der Waals surface area contributed by atoms with E-state index in [9.17, 15) is 9.59 Å². The summed E-state index contributed by atoms with van der Waals surface area (Å²) in [6.07, 6.45) is 5.17. The molecule has 1 atom stereocenters. The summed E-state index contributed by atoms with van der Waals surface area (Å²) in [5, 5.41) is 17.5. The Kier molecular flexibility index (Phi) is 6.27. The van der Waals surface area contributed by atoms with Crippen LogP contribution in [0.4, 0.5) is 0 Å². The maximum atomic E-state index is 12.4. The normalized spacial score (nSPS) is 16.5. The SMILES string of the molecule is CCc1ccc(/C(=C/[C@H]2CCC(=O)N2)c2ccc(CCc3nn[nH]n3)c(Cl)c2)[nH]c1=O. The number of aryl methyl sites for hydroxylation is 3. The number of halogens is 1. The van der Waals surface area contributed by atoms with Crippen molar-refractivity contribution >= 4 is 23.1 Å². The number of rotatable bonds is 7. The lowest BCUT2D eigenvalue weighted by Crippen LogP contribution is -2.23. The molecule has 1 aliphatic rings. The van der Waals surface area contributed by atoms with Crippen LogP contribution < -0.4 is 10.9 Å². The zero-order valence-corrected chi connectivity index (χ0v) is 17.9. The molecule has 1 saturated heterocycles. The summed E-state index contributed by atoms with van der Waals surface area (Å²) < 4.78 is 0. The summed E-state index contributed by atoms with van der Waals surface area (Å²) >= 11 is 6.59. The van der Waals surface area contributed by atoms with Gasteiger partial charge in [0.15, 0.2) is 5.82 Å². The van der Waals surface area contributed by atoms with Gasteiger partial charge in [-0.25, -0.2) is 0 Å². The molecule has 3 heterocycles. The Labute approximate surface area is 184 Å². The molecule has 4 rings (SSSR count). The van der Waals surface area contributed by atoms with Crippen LogP contribution in [0.1, 0.15) is 48.0 Å². The highest BCUT2D eigenvalue weighted by atomic mass is 35.5. The van der Waals surface area contributed by atoms with Crippen molar-refractivity contribution in [3.63, 3.8) is 0 Å². The molecule has 3 N–H and O–H groups in total. The summed E-state index contributed by atoms with van der Waals surface area (Å²) in [5.41, 5.74) is 3.99. The van der Waals surface area contributed by atoms with E-state index in [0.717, 1.165) is 28.7 Å². The predicted molar refractivity (Wildman–Crippen MR) is 118 cm³/mol. The summed E-state index contributed by atoms with van der Waals surface area (Å²) in [4.78, 5) is 27.1. The van der Waals surface area contributed by atoms with Gasteiger partial charge in [-0.15, -0.1) is 10.2 Å². The molecule has 2 aromatic heterocycles. The van der Waals surface area contributed by atoms with Crippen molar-refractivity contribution in [2.45, 2.75) is 45.1 Å². The van der Waals surface area contributed by atoms with E-state index in [-0.39, 0.29) is 17.5 Å². The minimum Gasteiger partial charge on any atom is -0.350 e. The van der Waals surface area contributed by atoms with Gasteiger partial charge in [0.05, 0.1) is 0 Å². The number of amides is 1. The molecule has 0 unspecified atom stereocenters. The molecule has 0 saturated carbocycles. The number of tetrazole rings is 1. The summed E-state index contributed by atoms with van der Waals surface area (Å²) in [6.45, 7) is 1.95. The standard InChI is InChI=1S/C22H23ClN6O2/c1-2-13-5-8-19(25-22(13)31)17(12-16-7-10-21(30)24-16)15-4-3-14(18(23)11-15)6-9-20-26-28-29-27-20/h3-5,8,11-12,16H,2,6-7,9-10H2,1H3,(H,24,30)(H,25,31)(H,26,27,28,29)/b17-12+/t16-/m1/s1. The molecule has 0 bridgehead atoms. The maximum absolute atomic E-state index is 12.4. The van der Waals surface area contributed by atoms with Crippen LogP contribution in [0.15, 0.2) is 41.2 Å². The van der Waals surface area contributed by atoms with Gasteiger partial charge in [-0.1, -0.05) is 48.0 Å². The first-order valence-electron chi connectivity index (χ1n) is 10.3. The Morgan fingerprint density at radius 1 is 1.19 bits per heavy atom. The Balaban J connectivity index is 1.67. The van der Waals surface area contributed by atoms with Crippen LogP contribution >= 0.6 is 11.6 Å². The van der Waals surface area contributed by atoms with Gasteiger partial charge in [0.25, 0.3) is 5.56 Å². The summed E-state index contributed by atoms with van der Waals surface area (Å²) in [5.74, 6) is 0.663. The molecule has 1 aromatic carbocycles. The number of hydrogen-bond donors (Lipinski definition) is 3. The lowest BCUT2D eigenvalue weighted by Gasteiger charge is -2.14. The van der Waals surface area contributed by atoms with Gasteiger partial charge in [0.1, 0.15) is 0 Å². The van der Waals surface area contributed by atoms with E-state index in [4.69, 9.17) is 11.6 Å². The van der Waals surface area contributed by atoms with Gasteiger partial charge in [-0.2, -0.15) is 5.21 Å². The van der Waals surface area contributed by atoms with E-state index in [0.29, 0.717) is 42.2 Å². The third kappa shape index (κ3) is 4.91. The molecule has 0 radical (unpaired) electrons. The van der Waals surface area contributed by atoms with Crippen LogP contribution in [0, 0.1) is 0 Å². The lowest BCUT2D eigenvalue weighted by atomic mass is 9.96. The largest absolute Gasteiger partial charge is 0.350 e. The molecule has 8 nitrogen and oxygen atoms in total. The quantitative estimate of drug-likeness (QED) is 0.524. The molecular weight excluding hydrogens is 416 g/mol. The lowest BCUT2D eigenvalue weighted by molar-refractivity contribution is -0.119. The first-order chi connectivity index (χ1) is 15.0. The second kappa shape index (κ2) is 9.26. The van der Waals surface area contributed by atoms with E-state index in [1.54, 1.807) is 0 Å². The zero-order chi connectivity index (χ0) is 21.8. The average molecular weight is 439 g/mol. The fourth-order valence-corrected chi connectivity index (χ4v) is 3.97. The number of hydrogen-bond acceptors (Lipinski definition) is 5. The Hall–Kier alpha value is -3.26. The molecule has 160 valence electrons. The van der Waals surface area contributed by atoms with Crippen molar-refractivity contribution in [3.05, 3.63) is 80.0 Å². The molecule has 0 spiro atoms. The number of nitrogens with one attached hydrogen (secondary N) is 3. The van der Waals surface area contributed by atoms with Crippen LogP contribution in [0.5, 0.6) is 0 Å². The number of carbonyl (C=O) groups excluding carboxylic acids is 1. The van der Waals surface area contributed by atoms with E-state index in [2.05, 4.69) is 30.9 Å². The maximum Gasteiger partial charge on any atom is 0.251 e. The molecule has 9 heteroatoms. The van der Waals surface area contributed by atoms with Gasteiger partial charge in [0, 0.05) is 40.7 Å². The van der Waals surface area contributed by atoms with Crippen molar-refractivity contribution in [2.75, 3.05) is 0 Å². The van der Waals surface area contributed by atoms with Crippen molar-refractivity contribution in [2.24, 2.45) is 0 Å². The van der Waals surface area contributed by atoms with Crippen molar-refractivity contribution < 1.29 is 4.79 Å². The van der Waals surface area contributed by atoms with E-state index in [1.807, 2.05) is 43.3 Å². The van der Waals surface area contributed by atoms with E-state index in [1.165, 1.54) is 0 Å². The van der Waals surface area contributed by atoms with E-state index < -0.39 is 0 Å². The molecule has 3 aromatic rings. The van der Waals surface area contributed by atoms with Crippen LogP contribution in [0.3, 0.4) is 0 Å². The third-order valence-electron chi connectivity index (χ3n) is 5.43. The Morgan fingerprint density at radius 2 is 2.03 bits per heavy atom. The number of benzene rings is 1. The van der Waals surface area contributed by atoms with Gasteiger partial charge in [-0.3, -0.25) is 9.59 Å². The van der Waals surface area contributed by atoms with Crippen molar-refractivity contribution in [1.82, 2.24) is 30.9 Å². The minimum absolute atomic E-state index is 0.0327. The highest BCUT2D eigenvalue weighted by Crippen LogP contribution is 2.28. The molecule has 1 amide bonds. The first kappa shape index (κ1) is 21.0. The highest BCUT2D eigenvalue weighted by Gasteiger charge is 2.21. The van der Waals surface area contributed by atoms with Gasteiger partial charge in [0.2, 0.25) is 5.91 Å².